The number of benzene rings is 1. The van der Waals surface area contributed by atoms with Gasteiger partial charge in [0.25, 0.3) is 0 Å². The van der Waals surface area contributed by atoms with Crippen molar-refractivity contribution in [3.8, 4) is 0 Å². The zero-order valence-corrected chi connectivity index (χ0v) is 7.68. The first kappa shape index (κ1) is 8.61. The molecule has 0 aliphatic rings. The van der Waals surface area contributed by atoms with E-state index in [4.69, 9.17) is 11.6 Å². The van der Waals surface area contributed by atoms with Crippen molar-refractivity contribution in [2.75, 3.05) is 0 Å². The topological polar surface area (TPSA) is 0 Å². The highest BCUT2D eigenvalue weighted by Gasteiger charge is 2.09. The molecule has 0 fully saturated rings. The lowest BCUT2D eigenvalue weighted by Gasteiger charge is -2.13. The summed E-state index contributed by atoms with van der Waals surface area (Å²) in [6.45, 7) is 4.17. The summed E-state index contributed by atoms with van der Waals surface area (Å²) in [5, 5.41) is 0.206. The van der Waals surface area contributed by atoms with Gasteiger partial charge in [-0.25, -0.2) is 0 Å². The highest BCUT2D eigenvalue weighted by Crippen LogP contribution is 2.21. The predicted octanol–water partition coefficient (Wildman–Crippen LogP) is 3.42. The van der Waals surface area contributed by atoms with Crippen molar-refractivity contribution < 1.29 is 0 Å². The predicted molar refractivity (Wildman–Crippen MR) is 50.2 cm³/mol. The summed E-state index contributed by atoms with van der Waals surface area (Å²) in [6, 6.07) is 10.3. The Morgan fingerprint density at radius 3 is 2.09 bits per heavy atom. The Kier molecular flexibility index (Phi) is 2.95. The number of halogens is 1. The molecule has 0 N–H and O–H groups in total. The quantitative estimate of drug-likeness (QED) is 0.594. The molecule has 0 spiro atoms. The lowest BCUT2D eigenvalue weighted by Crippen LogP contribution is -2.04. The van der Waals surface area contributed by atoms with E-state index in [0.29, 0.717) is 5.92 Å². The van der Waals surface area contributed by atoms with E-state index in [1.807, 2.05) is 25.1 Å². The summed E-state index contributed by atoms with van der Waals surface area (Å²) in [4.78, 5) is 0. The molecule has 60 valence electrons. The van der Waals surface area contributed by atoms with Crippen molar-refractivity contribution in [3.63, 3.8) is 0 Å². The highest BCUT2D eigenvalue weighted by molar-refractivity contribution is 6.20. The van der Waals surface area contributed by atoms with Gasteiger partial charge in [0.2, 0.25) is 0 Å². The van der Waals surface area contributed by atoms with Crippen LogP contribution in [0, 0.1) is 0 Å². The zero-order chi connectivity index (χ0) is 8.27. The maximum Gasteiger partial charge on any atom is 0.0373 e. The molecule has 0 bridgehead atoms. The average molecular weight is 169 g/mol. The third-order valence-corrected chi connectivity index (χ3v) is 2.39. The average Bonchev–Trinajstić information content (AvgIpc) is 2.05. The van der Waals surface area contributed by atoms with Crippen LogP contribution in [-0.2, 0) is 0 Å². The monoisotopic (exact) mass is 168 g/mol. The minimum absolute atomic E-state index is 0.206. The molecule has 0 nitrogen and oxygen atoms in total. The number of hydrogen-bond acceptors (Lipinski definition) is 0. The molecule has 1 aromatic rings. The van der Waals surface area contributed by atoms with E-state index in [1.54, 1.807) is 0 Å². The molecule has 0 unspecified atom stereocenters. The molecule has 0 aliphatic carbocycles. The summed E-state index contributed by atoms with van der Waals surface area (Å²) in [6.07, 6.45) is 0. The van der Waals surface area contributed by atoms with E-state index in [2.05, 4.69) is 19.1 Å². The van der Waals surface area contributed by atoms with Crippen LogP contribution >= 0.6 is 11.6 Å². The summed E-state index contributed by atoms with van der Waals surface area (Å²) in [5.74, 6) is 0.442. The fourth-order valence-corrected chi connectivity index (χ4v) is 1.17. The lowest BCUT2D eigenvalue weighted by atomic mass is 9.99. The Labute approximate surface area is 73.2 Å². The van der Waals surface area contributed by atoms with Crippen LogP contribution in [0.2, 0.25) is 0 Å². The van der Waals surface area contributed by atoms with Gasteiger partial charge in [0.1, 0.15) is 0 Å². The SMILES string of the molecule is C[C@@H](Cl)[C@@H](C)c1ccccc1. The second-order valence-electron chi connectivity index (χ2n) is 2.88. The van der Waals surface area contributed by atoms with E-state index in [0.717, 1.165) is 0 Å². The lowest BCUT2D eigenvalue weighted by molar-refractivity contribution is 0.742. The Morgan fingerprint density at radius 1 is 1.09 bits per heavy atom. The van der Waals surface area contributed by atoms with E-state index < -0.39 is 0 Å². The van der Waals surface area contributed by atoms with Gasteiger partial charge in [0.05, 0.1) is 0 Å². The third kappa shape index (κ3) is 2.23. The van der Waals surface area contributed by atoms with E-state index >= 15 is 0 Å². The molecule has 1 aromatic carbocycles. The van der Waals surface area contributed by atoms with E-state index in [-0.39, 0.29) is 5.38 Å². The van der Waals surface area contributed by atoms with Crippen LogP contribution < -0.4 is 0 Å². The molecule has 0 saturated heterocycles. The van der Waals surface area contributed by atoms with E-state index in [1.165, 1.54) is 5.56 Å². The van der Waals surface area contributed by atoms with E-state index in [9.17, 15) is 0 Å². The molecular formula is C10H13Cl. The van der Waals surface area contributed by atoms with Crippen molar-refractivity contribution in [2.24, 2.45) is 0 Å². The highest BCUT2D eigenvalue weighted by atomic mass is 35.5. The first-order valence-corrected chi connectivity index (χ1v) is 4.34. The third-order valence-electron chi connectivity index (χ3n) is 2.01. The van der Waals surface area contributed by atoms with Crippen LogP contribution in [0.15, 0.2) is 30.3 Å². The maximum absolute atomic E-state index is 5.96. The summed E-state index contributed by atoms with van der Waals surface area (Å²) < 4.78 is 0. The fraction of sp³-hybridized carbons (Fsp3) is 0.400. The molecule has 1 rings (SSSR count). The molecule has 0 heterocycles. The molecular weight excluding hydrogens is 156 g/mol. The first-order chi connectivity index (χ1) is 5.22. The summed E-state index contributed by atoms with van der Waals surface area (Å²) in [7, 11) is 0. The smallest absolute Gasteiger partial charge is 0.0373 e. The Balaban J connectivity index is 2.77. The second kappa shape index (κ2) is 3.77. The minimum Gasteiger partial charge on any atom is -0.123 e. The van der Waals surface area contributed by atoms with Gasteiger partial charge in [-0.15, -0.1) is 11.6 Å². The molecule has 0 radical (unpaired) electrons. The van der Waals surface area contributed by atoms with Crippen molar-refractivity contribution in [1.29, 1.82) is 0 Å². The van der Waals surface area contributed by atoms with Crippen LogP contribution in [0.1, 0.15) is 25.3 Å². The summed E-state index contributed by atoms with van der Waals surface area (Å²) in [5.41, 5.74) is 1.31. The van der Waals surface area contributed by atoms with Gasteiger partial charge >= 0.3 is 0 Å². The summed E-state index contributed by atoms with van der Waals surface area (Å²) >= 11 is 5.96. The van der Waals surface area contributed by atoms with Crippen molar-refractivity contribution in [1.82, 2.24) is 0 Å². The number of hydrogen-bond donors (Lipinski definition) is 0. The van der Waals surface area contributed by atoms with Gasteiger partial charge in [0.15, 0.2) is 0 Å². The largest absolute Gasteiger partial charge is 0.123 e. The Morgan fingerprint density at radius 2 is 1.64 bits per heavy atom. The van der Waals surface area contributed by atoms with Crippen LogP contribution in [-0.4, -0.2) is 5.38 Å². The van der Waals surface area contributed by atoms with Crippen LogP contribution in [0.4, 0.5) is 0 Å². The molecule has 1 heteroatoms. The van der Waals surface area contributed by atoms with Gasteiger partial charge < -0.3 is 0 Å². The van der Waals surface area contributed by atoms with Crippen molar-refractivity contribution >= 4 is 11.6 Å². The van der Waals surface area contributed by atoms with Gasteiger partial charge in [-0.05, 0) is 18.4 Å². The first-order valence-electron chi connectivity index (χ1n) is 3.91. The second-order valence-corrected chi connectivity index (χ2v) is 3.57. The molecule has 0 saturated carbocycles. The molecule has 0 aromatic heterocycles. The molecule has 0 amide bonds. The van der Waals surface area contributed by atoms with Gasteiger partial charge in [-0.1, -0.05) is 37.3 Å². The standard InChI is InChI=1S/C10H13Cl/c1-8(9(2)11)10-6-4-3-5-7-10/h3-9H,1-2H3/t8-,9-/m1/s1. The van der Waals surface area contributed by atoms with Gasteiger partial charge in [-0.2, -0.15) is 0 Å². The molecule has 2 atom stereocenters. The van der Waals surface area contributed by atoms with Crippen molar-refractivity contribution in [2.45, 2.75) is 25.1 Å². The van der Waals surface area contributed by atoms with Crippen LogP contribution in [0.25, 0.3) is 0 Å². The number of alkyl halides is 1. The minimum atomic E-state index is 0.206. The molecule has 11 heavy (non-hydrogen) atoms. The number of rotatable bonds is 2. The Hall–Kier alpha value is -0.490. The maximum atomic E-state index is 5.96. The zero-order valence-electron chi connectivity index (χ0n) is 6.92. The molecule has 0 aliphatic heterocycles. The van der Waals surface area contributed by atoms with Crippen LogP contribution in [0.3, 0.4) is 0 Å². The normalized spacial score (nSPS) is 15.9. The fourth-order valence-electron chi connectivity index (χ4n) is 1.02. The Bertz CT molecular complexity index is 203. The van der Waals surface area contributed by atoms with Crippen molar-refractivity contribution in [3.05, 3.63) is 35.9 Å². The van der Waals surface area contributed by atoms with Gasteiger partial charge in [0, 0.05) is 5.38 Å². The van der Waals surface area contributed by atoms with Gasteiger partial charge in [-0.3, -0.25) is 0 Å². The van der Waals surface area contributed by atoms with Crippen LogP contribution in [0.5, 0.6) is 0 Å².